The molecule has 0 atom stereocenters. The van der Waals surface area contributed by atoms with Crippen molar-refractivity contribution in [3.05, 3.63) is 46.7 Å². The van der Waals surface area contributed by atoms with Crippen LogP contribution in [0.4, 0.5) is 5.69 Å². The Hall–Kier alpha value is 0.419. The third-order valence-electron chi connectivity index (χ3n) is 1.96. The number of thioether (sulfide) groups is 1. The SMILES string of the molecule is CSc1ccccc1/N=C/c1cccs1.[Br-].[Br-].[Cu+2]. The summed E-state index contributed by atoms with van der Waals surface area (Å²) in [6.07, 6.45) is 3.99. The first-order valence-corrected chi connectivity index (χ1v) is 6.71. The van der Waals surface area contributed by atoms with Crippen LogP contribution in [0.3, 0.4) is 0 Å². The van der Waals surface area contributed by atoms with Crippen molar-refractivity contribution < 1.29 is 51.0 Å². The third-order valence-corrected chi connectivity index (χ3v) is 3.55. The predicted octanol–water partition coefficient (Wildman–Crippen LogP) is -1.77. The van der Waals surface area contributed by atoms with Gasteiger partial charge in [-0.15, -0.1) is 23.1 Å². The molecule has 101 valence electrons. The molecule has 0 N–H and O–H groups in total. The molecule has 0 amide bonds. The van der Waals surface area contributed by atoms with E-state index >= 15 is 0 Å². The molecule has 18 heavy (non-hydrogen) atoms. The van der Waals surface area contributed by atoms with E-state index in [-0.39, 0.29) is 51.0 Å². The molecule has 2 rings (SSSR count). The fraction of sp³-hybridized carbons (Fsp3) is 0.0833. The molecule has 0 saturated carbocycles. The van der Waals surface area contributed by atoms with Crippen molar-refractivity contribution in [3.63, 3.8) is 0 Å². The molecule has 0 fully saturated rings. The molecule has 0 saturated heterocycles. The van der Waals surface area contributed by atoms with Gasteiger partial charge >= 0.3 is 17.1 Å². The van der Waals surface area contributed by atoms with E-state index in [4.69, 9.17) is 0 Å². The Labute approximate surface area is 147 Å². The molecule has 1 nitrogen and oxygen atoms in total. The van der Waals surface area contributed by atoms with E-state index in [9.17, 15) is 0 Å². The van der Waals surface area contributed by atoms with E-state index in [0.29, 0.717) is 0 Å². The number of halogens is 2. The maximum Gasteiger partial charge on any atom is 2.00 e. The Morgan fingerprint density at radius 1 is 1.11 bits per heavy atom. The summed E-state index contributed by atoms with van der Waals surface area (Å²) in [6.45, 7) is 0. The summed E-state index contributed by atoms with van der Waals surface area (Å²) < 4.78 is 0. The van der Waals surface area contributed by atoms with Crippen LogP contribution < -0.4 is 34.0 Å². The van der Waals surface area contributed by atoms with Crippen molar-refractivity contribution in [2.75, 3.05) is 6.26 Å². The van der Waals surface area contributed by atoms with Gasteiger partial charge in [-0.1, -0.05) is 18.2 Å². The van der Waals surface area contributed by atoms with Gasteiger partial charge in [0.05, 0.1) is 5.69 Å². The predicted molar refractivity (Wildman–Crippen MR) is 69.8 cm³/mol. The van der Waals surface area contributed by atoms with Crippen LogP contribution in [0.5, 0.6) is 0 Å². The van der Waals surface area contributed by atoms with Crippen LogP contribution in [0.15, 0.2) is 51.7 Å². The second-order valence-corrected chi connectivity index (χ2v) is 4.77. The van der Waals surface area contributed by atoms with Crippen molar-refractivity contribution in [1.82, 2.24) is 0 Å². The first-order chi connectivity index (χ1) is 7.40. The van der Waals surface area contributed by atoms with Gasteiger partial charge in [0.25, 0.3) is 0 Å². The fourth-order valence-electron chi connectivity index (χ4n) is 1.23. The zero-order valence-electron chi connectivity index (χ0n) is 9.44. The number of rotatable bonds is 3. The van der Waals surface area contributed by atoms with Crippen LogP contribution >= 0.6 is 23.1 Å². The van der Waals surface area contributed by atoms with E-state index in [1.54, 1.807) is 23.1 Å². The molecule has 1 aromatic carbocycles. The zero-order valence-corrected chi connectivity index (χ0v) is 15.2. The molecule has 0 spiro atoms. The largest absolute Gasteiger partial charge is 2.00 e. The first kappa shape index (κ1) is 20.7. The van der Waals surface area contributed by atoms with Crippen LogP contribution in [0.2, 0.25) is 0 Å². The molecule has 1 aromatic heterocycles. The topological polar surface area (TPSA) is 12.4 Å². The average molecular weight is 457 g/mol. The fourth-order valence-corrected chi connectivity index (χ4v) is 2.36. The van der Waals surface area contributed by atoms with Gasteiger partial charge in [-0.2, -0.15) is 0 Å². The Morgan fingerprint density at radius 3 is 2.44 bits per heavy atom. The van der Waals surface area contributed by atoms with E-state index in [1.165, 1.54) is 9.77 Å². The van der Waals surface area contributed by atoms with Gasteiger partial charge in [-0.3, -0.25) is 4.99 Å². The molecule has 0 bridgehead atoms. The van der Waals surface area contributed by atoms with Crippen molar-refractivity contribution in [3.8, 4) is 0 Å². The molecule has 1 radical (unpaired) electrons. The Balaban J connectivity index is 0. The third kappa shape index (κ3) is 6.04. The molecule has 2 aromatic rings. The number of para-hydroxylation sites is 1. The van der Waals surface area contributed by atoms with Gasteiger partial charge < -0.3 is 34.0 Å². The van der Waals surface area contributed by atoms with Crippen LogP contribution in [0.1, 0.15) is 4.88 Å². The van der Waals surface area contributed by atoms with E-state index in [2.05, 4.69) is 28.8 Å². The second-order valence-electron chi connectivity index (χ2n) is 2.95. The van der Waals surface area contributed by atoms with E-state index in [1.807, 2.05) is 30.5 Å². The Morgan fingerprint density at radius 2 is 1.83 bits per heavy atom. The summed E-state index contributed by atoms with van der Waals surface area (Å²) in [4.78, 5) is 6.88. The smallest absolute Gasteiger partial charge is 1.00 e. The molecule has 1 heterocycles. The van der Waals surface area contributed by atoms with Crippen LogP contribution in [0, 0.1) is 0 Å². The number of nitrogens with zero attached hydrogens (tertiary/aromatic N) is 1. The molecule has 0 unspecified atom stereocenters. The summed E-state index contributed by atoms with van der Waals surface area (Å²) in [7, 11) is 0. The van der Waals surface area contributed by atoms with Gasteiger partial charge in [0.2, 0.25) is 0 Å². The maximum absolute atomic E-state index is 4.48. The van der Waals surface area contributed by atoms with Crippen molar-refractivity contribution >= 4 is 35.0 Å². The van der Waals surface area contributed by atoms with Gasteiger partial charge in [-0.25, -0.2) is 0 Å². The summed E-state index contributed by atoms with van der Waals surface area (Å²) >= 11 is 3.42. The van der Waals surface area contributed by atoms with Crippen LogP contribution in [-0.2, 0) is 17.1 Å². The van der Waals surface area contributed by atoms with Crippen LogP contribution in [-0.4, -0.2) is 12.5 Å². The summed E-state index contributed by atoms with van der Waals surface area (Å²) in [6, 6.07) is 12.3. The molecular weight excluding hydrogens is 446 g/mol. The number of hydrogen-bond acceptors (Lipinski definition) is 3. The Kier molecular flexibility index (Phi) is 13.0. The zero-order chi connectivity index (χ0) is 10.5. The van der Waals surface area contributed by atoms with Crippen molar-refractivity contribution in [2.45, 2.75) is 4.90 Å². The number of hydrogen-bond donors (Lipinski definition) is 0. The average Bonchev–Trinajstić information content (AvgIpc) is 2.79. The standard InChI is InChI=1S/C12H11NS2.2BrH.Cu/c1-14-12-7-3-2-6-11(12)13-9-10-5-4-8-15-10;;;/h2-9H,1H3;2*1H;/q;;;+2/p-2/b13-9+;;;. The van der Waals surface area contributed by atoms with E-state index < -0.39 is 0 Å². The molecule has 0 aliphatic heterocycles. The summed E-state index contributed by atoms with van der Waals surface area (Å²) in [5.74, 6) is 0. The minimum absolute atomic E-state index is 0. The first-order valence-electron chi connectivity index (χ1n) is 4.61. The molecule has 6 heteroatoms. The van der Waals surface area contributed by atoms with Crippen LogP contribution in [0.25, 0.3) is 0 Å². The quantitative estimate of drug-likeness (QED) is 0.303. The second kappa shape index (κ2) is 11.3. The number of aliphatic imine (C=N–C) groups is 1. The number of thiophene rings is 1. The minimum Gasteiger partial charge on any atom is -1.00 e. The normalized spacial score (nSPS) is 9.17. The minimum atomic E-state index is 0. The van der Waals surface area contributed by atoms with Gasteiger partial charge in [0.1, 0.15) is 0 Å². The summed E-state index contributed by atoms with van der Waals surface area (Å²) in [5.41, 5.74) is 1.04. The summed E-state index contributed by atoms with van der Waals surface area (Å²) in [5, 5.41) is 2.06. The number of benzene rings is 1. The van der Waals surface area contributed by atoms with E-state index in [0.717, 1.165) is 5.69 Å². The van der Waals surface area contributed by atoms with Gasteiger partial charge in [-0.05, 0) is 29.8 Å². The Bertz CT molecular complexity index is 461. The maximum atomic E-state index is 4.48. The monoisotopic (exact) mass is 454 g/mol. The van der Waals surface area contributed by atoms with Gasteiger partial charge in [0.15, 0.2) is 0 Å². The molecule has 0 aliphatic rings. The molecular formula is C12H11Br2CuNS2. The molecule has 0 aliphatic carbocycles. The van der Waals surface area contributed by atoms with Crippen molar-refractivity contribution in [2.24, 2.45) is 4.99 Å². The van der Waals surface area contributed by atoms with Crippen molar-refractivity contribution in [1.29, 1.82) is 0 Å². The van der Waals surface area contributed by atoms with Gasteiger partial charge in [0, 0.05) is 16.0 Å².